The summed E-state index contributed by atoms with van der Waals surface area (Å²) in [6.45, 7) is 1.48. The van der Waals surface area contributed by atoms with E-state index in [1.165, 1.54) is 25.3 Å². The van der Waals surface area contributed by atoms with E-state index in [-0.39, 0.29) is 0 Å². The van der Waals surface area contributed by atoms with E-state index < -0.39 is 34.8 Å². The Morgan fingerprint density at radius 2 is 1.29 bits per heavy atom. The fraction of sp³-hybridized carbons (Fsp3) is 0.0909. The summed E-state index contributed by atoms with van der Waals surface area (Å²) < 4.78 is 66.4. The van der Waals surface area contributed by atoms with Gasteiger partial charge in [0, 0.05) is 11.9 Å². The van der Waals surface area contributed by atoms with Crippen molar-refractivity contribution in [3.63, 3.8) is 0 Å². The molecule has 1 nitrogen and oxygen atoms in total. The van der Waals surface area contributed by atoms with Gasteiger partial charge in [0.25, 0.3) is 0 Å². The summed E-state index contributed by atoms with van der Waals surface area (Å²) in [5.41, 5.74) is -0.614. The molecule has 0 saturated carbocycles. The molecule has 0 atom stereocenters. The number of hydrogen-bond acceptors (Lipinski definition) is 0. The van der Waals surface area contributed by atoms with Gasteiger partial charge < -0.3 is 4.57 Å². The molecule has 0 saturated heterocycles. The maximum atomic E-state index is 13.4. The highest BCUT2D eigenvalue weighted by Gasteiger charge is 2.26. The van der Waals surface area contributed by atoms with Gasteiger partial charge in [-0.05, 0) is 19.1 Å². The lowest BCUT2D eigenvalue weighted by molar-refractivity contribution is 0.375. The predicted molar refractivity (Wildman–Crippen MR) is 50.3 cm³/mol. The molecule has 2 rings (SSSR count). The zero-order chi connectivity index (χ0) is 12.7. The molecule has 1 aromatic carbocycles. The van der Waals surface area contributed by atoms with Gasteiger partial charge in [-0.25, -0.2) is 22.0 Å². The van der Waals surface area contributed by atoms with Gasteiger partial charge in [-0.3, -0.25) is 0 Å². The van der Waals surface area contributed by atoms with Crippen molar-refractivity contribution < 1.29 is 22.0 Å². The van der Waals surface area contributed by atoms with Crippen molar-refractivity contribution in [2.75, 3.05) is 0 Å². The first-order valence-corrected chi connectivity index (χ1v) is 4.61. The van der Waals surface area contributed by atoms with E-state index >= 15 is 0 Å². The molecule has 1 aromatic heterocycles. The second-order valence-corrected chi connectivity index (χ2v) is 3.44. The summed E-state index contributed by atoms with van der Waals surface area (Å²) in [7, 11) is 0. The van der Waals surface area contributed by atoms with Crippen LogP contribution in [0.4, 0.5) is 22.0 Å². The van der Waals surface area contributed by atoms with E-state index in [0.29, 0.717) is 5.69 Å². The van der Waals surface area contributed by atoms with E-state index in [4.69, 9.17) is 0 Å². The van der Waals surface area contributed by atoms with Crippen molar-refractivity contribution in [2.45, 2.75) is 6.92 Å². The van der Waals surface area contributed by atoms with Crippen molar-refractivity contribution in [2.24, 2.45) is 0 Å². The minimum absolute atomic E-state index is 0.355. The molecule has 0 aliphatic heterocycles. The van der Waals surface area contributed by atoms with Crippen LogP contribution in [-0.2, 0) is 0 Å². The highest BCUT2D eigenvalue weighted by molar-refractivity contribution is 5.39. The molecule has 0 radical (unpaired) electrons. The molecular weight excluding hydrogens is 241 g/mol. The fourth-order valence-corrected chi connectivity index (χ4v) is 1.52. The number of rotatable bonds is 1. The molecule has 0 aliphatic rings. The van der Waals surface area contributed by atoms with Crippen LogP contribution in [0.2, 0.25) is 0 Å². The Labute approximate surface area is 93.1 Å². The van der Waals surface area contributed by atoms with Crippen LogP contribution in [0, 0.1) is 36.0 Å². The van der Waals surface area contributed by atoms with Gasteiger partial charge in [-0.2, -0.15) is 0 Å². The Kier molecular flexibility index (Phi) is 2.65. The average Bonchev–Trinajstić information content (AvgIpc) is 2.71. The standard InChI is InChI=1S/C11H6F5N/c1-5-3-2-4-17(5)11-9(15)7(13)6(12)8(14)10(11)16/h2-4H,1H3. The van der Waals surface area contributed by atoms with Gasteiger partial charge in [-0.15, -0.1) is 0 Å². The molecular formula is C11H6F5N. The number of hydrogen-bond donors (Lipinski definition) is 0. The van der Waals surface area contributed by atoms with Crippen molar-refractivity contribution in [3.8, 4) is 5.69 Å². The molecule has 0 fully saturated rings. The van der Waals surface area contributed by atoms with Gasteiger partial charge in [-0.1, -0.05) is 0 Å². The van der Waals surface area contributed by atoms with Crippen molar-refractivity contribution >= 4 is 0 Å². The minimum atomic E-state index is -2.16. The molecule has 0 aliphatic carbocycles. The summed E-state index contributed by atoms with van der Waals surface area (Å²) in [4.78, 5) is 0. The molecule has 0 spiro atoms. The molecule has 0 unspecified atom stereocenters. The number of nitrogens with zero attached hydrogens (tertiary/aromatic N) is 1. The highest BCUT2D eigenvalue weighted by atomic mass is 19.2. The average molecular weight is 247 g/mol. The summed E-state index contributed by atoms with van der Waals surface area (Å²) >= 11 is 0. The van der Waals surface area contributed by atoms with Gasteiger partial charge in [0.05, 0.1) is 0 Å². The lowest BCUT2D eigenvalue weighted by atomic mass is 10.2. The largest absolute Gasteiger partial charge is 0.316 e. The van der Waals surface area contributed by atoms with Crippen LogP contribution in [0.3, 0.4) is 0 Å². The first kappa shape index (κ1) is 11.6. The lowest BCUT2D eigenvalue weighted by Crippen LogP contribution is -2.09. The first-order chi connectivity index (χ1) is 7.95. The molecule has 90 valence electrons. The number of aromatic nitrogens is 1. The smallest absolute Gasteiger partial charge is 0.200 e. The van der Waals surface area contributed by atoms with Crippen LogP contribution in [-0.4, -0.2) is 4.57 Å². The van der Waals surface area contributed by atoms with Crippen LogP contribution >= 0.6 is 0 Å². The quantitative estimate of drug-likeness (QED) is 0.413. The Morgan fingerprint density at radius 1 is 0.824 bits per heavy atom. The fourth-order valence-electron chi connectivity index (χ4n) is 1.52. The van der Waals surface area contributed by atoms with Gasteiger partial charge >= 0.3 is 0 Å². The van der Waals surface area contributed by atoms with Crippen LogP contribution < -0.4 is 0 Å². The first-order valence-electron chi connectivity index (χ1n) is 4.61. The topological polar surface area (TPSA) is 4.93 Å². The molecule has 17 heavy (non-hydrogen) atoms. The Hall–Kier alpha value is -1.85. The number of halogens is 5. The molecule has 0 N–H and O–H groups in total. The molecule has 0 bridgehead atoms. The minimum Gasteiger partial charge on any atom is -0.316 e. The summed E-state index contributed by atoms with van der Waals surface area (Å²) in [6.07, 6.45) is 1.22. The third kappa shape index (κ3) is 1.60. The Bertz CT molecular complexity index is 559. The van der Waals surface area contributed by atoms with E-state index in [2.05, 4.69) is 0 Å². The lowest BCUT2D eigenvalue weighted by Gasteiger charge is -2.10. The summed E-state index contributed by atoms with van der Waals surface area (Å²) in [6, 6.07) is 2.92. The maximum Gasteiger partial charge on any atom is 0.200 e. The summed E-state index contributed by atoms with van der Waals surface area (Å²) in [5.74, 6) is -9.76. The van der Waals surface area contributed by atoms with Crippen LogP contribution in [0.25, 0.3) is 5.69 Å². The van der Waals surface area contributed by atoms with E-state index in [9.17, 15) is 22.0 Å². The third-order valence-corrected chi connectivity index (χ3v) is 2.38. The van der Waals surface area contributed by atoms with E-state index in [0.717, 1.165) is 4.57 Å². The van der Waals surface area contributed by atoms with Crippen LogP contribution in [0.5, 0.6) is 0 Å². The normalized spacial score (nSPS) is 10.9. The van der Waals surface area contributed by atoms with E-state index in [1.54, 1.807) is 0 Å². The monoisotopic (exact) mass is 247 g/mol. The third-order valence-electron chi connectivity index (χ3n) is 2.38. The zero-order valence-corrected chi connectivity index (χ0v) is 8.57. The Balaban J connectivity index is 2.84. The van der Waals surface area contributed by atoms with Gasteiger partial charge in [0.1, 0.15) is 5.69 Å². The maximum absolute atomic E-state index is 13.4. The summed E-state index contributed by atoms with van der Waals surface area (Å²) in [5, 5.41) is 0. The van der Waals surface area contributed by atoms with Crippen molar-refractivity contribution in [1.82, 2.24) is 4.57 Å². The van der Waals surface area contributed by atoms with Crippen LogP contribution in [0.1, 0.15) is 5.69 Å². The molecule has 0 amide bonds. The van der Waals surface area contributed by atoms with Crippen LogP contribution in [0.15, 0.2) is 18.3 Å². The Morgan fingerprint density at radius 3 is 1.71 bits per heavy atom. The number of benzene rings is 1. The van der Waals surface area contributed by atoms with Gasteiger partial charge in [0.15, 0.2) is 23.3 Å². The number of aryl methyl sites for hydroxylation is 1. The molecule has 2 aromatic rings. The predicted octanol–water partition coefficient (Wildman–Crippen LogP) is 3.48. The van der Waals surface area contributed by atoms with Crippen molar-refractivity contribution in [1.29, 1.82) is 0 Å². The second-order valence-electron chi connectivity index (χ2n) is 3.44. The molecule has 1 heterocycles. The zero-order valence-electron chi connectivity index (χ0n) is 8.57. The van der Waals surface area contributed by atoms with Crippen molar-refractivity contribution in [3.05, 3.63) is 53.1 Å². The molecule has 6 heteroatoms. The SMILES string of the molecule is Cc1cccn1-c1c(F)c(F)c(F)c(F)c1F. The van der Waals surface area contributed by atoms with E-state index in [1.807, 2.05) is 0 Å². The highest BCUT2D eigenvalue weighted by Crippen LogP contribution is 2.26. The second kappa shape index (κ2) is 3.87. The van der Waals surface area contributed by atoms with Gasteiger partial charge in [0.2, 0.25) is 5.82 Å².